The molecule has 0 atom stereocenters. The summed E-state index contributed by atoms with van der Waals surface area (Å²) in [5.41, 5.74) is 12.8. The van der Waals surface area contributed by atoms with Crippen molar-refractivity contribution in [3.63, 3.8) is 0 Å². The summed E-state index contributed by atoms with van der Waals surface area (Å²) in [6.45, 7) is 13.2. The summed E-state index contributed by atoms with van der Waals surface area (Å²) in [7, 11) is 0. The largest absolute Gasteiger partial charge is 0.325 e. The van der Waals surface area contributed by atoms with Gasteiger partial charge in [-0.05, 0) is 90.4 Å². The number of rotatable bonds is 17. The van der Waals surface area contributed by atoms with Gasteiger partial charge in [-0.15, -0.1) is 0 Å². The van der Waals surface area contributed by atoms with Gasteiger partial charge in [-0.1, -0.05) is 27.7 Å². The van der Waals surface area contributed by atoms with Crippen LogP contribution >= 0.6 is 0 Å². The molecule has 0 aliphatic heterocycles. The molecule has 0 aliphatic carbocycles. The Labute approximate surface area is 151 Å². The number of nitrogens with two attached hydrogens (primary N) is 2. The van der Waals surface area contributed by atoms with Crippen LogP contribution in [0.1, 0.15) is 91.9 Å². The Hall–Kier alpha value is -0.160. The van der Waals surface area contributed by atoms with Gasteiger partial charge in [0, 0.05) is 11.1 Å². The summed E-state index contributed by atoms with van der Waals surface area (Å²) >= 11 is 0. The molecule has 0 aliphatic rings. The van der Waals surface area contributed by atoms with E-state index in [4.69, 9.17) is 11.5 Å². The van der Waals surface area contributed by atoms with Crippen molar-refractivity contribution in [3.8, 4) is 0 Å². The minimum Gasteiger partial charge on any atom is -0.325 e. The van der Waals surface area contributed by atoms with Crippen molar-refractivity contribution in [2.75, 3.05) is 26.2 Å². The van der Waals surface area contributed by atoms with Crippen molar-refractivity contribution in [1.82, 2.24) is 10.6 Å². The predicted molar refractivity (Wildman–Crippen MR) is 108 cm³/mol. The van der Waals surface area contributed by atoms with E-state index in [1.54, 1.807) is 0 Å². The summed E-state index contributed by atoms with van der Waals surface area (Å²) in [6, 6.07) is 0. The van der Waals surface area contributed by atoms with Gasteiger partial charge in [0.05, 0.1) is 0 Å². The van der Waals surface area contributed by atoms with Crippen LogP contribution in [0.2, 0.25) is 0 Å². The third kappa shape index (κ3) is 11.4. The molecule has 0 amide bonds. The molecule has 0 aromatic heterocycles. The minimum absolute atomic E-state index is 0.0578. The number of hydrogen-bond acceptors (Lipinski definition) is 4. The van der Waals surface area contributed by atoms with Gasteiger partial charge < -0.3 is 22.1 Å². The Kier molecular flexibility index (Phi) is 14.0. The van der Waals surface area contributed by atoms with Gasteiger partial charge in [0.2, 0.25) is 0 Å². The van der Waals surface area contributed by atoms with Crippen molar-refractivity contribution in [2.45, 2.75) is 103 Å². The number of hydrogen-bond donors (Lipinski definition) is 4. The van der Waals surface area contributed by atoms with E-state index in [1.165, 1.54) is 25.7 Å². The van der Waals surface area contributed by atoms with E-state index in [-0.39, 0.29) is 11.1 Å². The molecular weight excluding hydrogens is 296 g/mol. The first-order valence-electron chi connectivity index (χ1n) is 10.4. The number of unbranched alkanes of at least 4 members (excludes halogenated alkanes) is 1. The topological polar surface area (TPSA) is 76.1 Å². The zero-order valence-corrected chi connectivity index (χ0v) is 17.1. The zero-order valence-electron chi connectivity index (χ0n) is 17.1. The van der Waals surface area contributed by atoms with Gasteiger partial charge in [-0.3, -0.25) is 0 Å². The maximum atomic E-state index is 6.32. The van der Waals surface area contributed by atoms with E-state index in [1.807, 2.05) is 0 Å². The summed E-state index contributed by atoms with van der Waals surface area (Å²) in [5, 5.41) is 7.09. The lowest BCUT2D eigenvalue weighted by molar-refractivity contribution is 0.352. The molecular formula is C20H46N4. The van der Waals surface area contributed by atoms with Gasteiger partial charge in [0.25, 0.3) is 0 Å². The highest BCUT2D eigenvalue weighted by atomic mass is 14.9. The molecule has 0 aromatic rings. The molecule has 0 radical (unpaired) electrons. The second-order valence-corrected chi connectivity index (χ2v) is 7.55. The zero-order chi connectivity index (χ0) is 18.3. The fraction of sp³-hybridized carbons (Fsp3) is 1.00. The van der Waals surface area contributed by atoms with E-state index >= 15 is 0 Å². The third-order valence-corrected chi connectivity index (χ3v) is 5.83. The van der Waals surface area contributed by atoms with Crippen molar-refractivity contribution in [3.05, 3.63) is 0 Å². The maximum Gasteiger partial charge on any atom is 0.0149 e. The smallest absolute Gasteiger partial charge is 0.0149 e. The Balaban J connectivity index is 3.35. The summed E-state index contributed by atoms with van der Waals surface area (Å²) in [5.74, 6) is 0. The first kappa shape index (κ1) is 23.8. The lowest BCUT2D eigenvalue weighted by Crippen LogP contribution is -2.39. The predicted octanol–water partition coefficient (Wildman–Crippen LogP) is 3.54. The van der Waals surface area contributed by atoms with Gasteiger partial charge in [-0.2, -0.15) is 0 Å². The van der Waals surface area contributed by atoms with Crippen molar-refractivity contribution in [1.29, 1.82) is 0 Å². The molecule has 146 valence electrons. The average Bonchev–Trinajstić information content (AvgIpc) is 2.62. The van der Waals surface area contributed by atoms with Crippen LogP contribution in [0.4, 0.5) is 0 Å². The van der Waals surface area contributed by atoms with E-state index in [0.717, 1.165) is 64.7 Å². The molecule has 0 saturated heterocycles. The van der Waals surface area contributed by atoms with Crippen LogP contribution < -0.4 is 22.1 Å². The van der Waals surface area contributed by atoms with Crippen LogP contribution in [0.15, 0.2) is 0 Å². The minimum atomic E-state index is 0.0578. The molecule has 6 N–H and O–H groups in total. The quantitative estimate of drug-likeness (QED) is 0.305. The van der Waals surface area contributed by atoms with E-state index < -0.39 is 0 Å². The van der Waals surface area contributed by atoms with Crippen molar-refractivity contribution in [2.24, 2.45) is 11.5 Å². The van der Waals surface area contributed by atoms with Crippen LogP contribution in [0, 0.1) is 0 Å². The molecule has 4 heteroatoms. The van der Waals surface area contributed by atoms with E-state index in [9.17, 15) is 0 Å². The second-order valence-electron chi connectivity index (χ2n) is 7.55. The molecule has 0 unspecified atom stereocenters. The van der Waals surface area contributed by atoms with Crippen LogP contribution in [0.5, 0.6) is 0 Å². The highest BCUT2D eigenvalue weighted by Crippen LogP contribution is 2.18. The first-order valence-corrected chi connectivity index (χ1v) is 10.4. The van der Waals surface area contributed by atoms with Crippen LogP contribution in [-0.2, 0) is 0 Å². The molecule has 0 heterocycles. The molecule has 24 heavy (non-hydrogen) atoms. The van der Waals surface area contributed by atoms with Crippen molar-refractivity contribution >= 4 is 0 Å². The molecule has 0 aromatic carbocycles. The lowest BCUT2D eigenvalue weighted by atomic mass is 9.89. The highest BCUT2D eigenvalue weighted by molar-refractivity contribution is 4.81. The molecule has 0 saturated carbocycles. The van der Waals surface area contributed by atoms with E-state index in [0.29, 0.717) is 0 Å². The first-order chi connectivity index (χ1) is 11.4. The normalized spacial score (nSPS) is 12.8. The molecule has 4 nitrogen and oxygen atoms in total. The monoisotopic (exact) mass is 342 g/mol. The third-order valence-electron chi connectivity index (χ3n) is 5.83. The lowest BCUT2D eigenvalue weighted by Gasteiger charge is -2.26. The molecule has 0 rings (SSSR count). The summed E-state index contributed by atoms with van der Waals surface area (Å²) in [6.07, 6.45) is 11.4. The molecule has 0 bridgehead atoms. The fourth-order valence-corrected chi connectivity index (χ4v) is 3.09. The van der Waals surface area contributed by atoms with Crippen molar-refractivity contribution < 1.29 is 0 Å². The van der Waals surface area contributed by atoms with Crippen LogP contribution in [0.3, 0.4) is 0 Å². The molecule has 0 fully saturated rings. The highest BCUT2D eigenvalue weighted by Gasteiger charge is 2.19. The Morgan fingerprint density at radius 3 is 1.12 bits per heavy atom. The SMILES string of the molecule is CCC(N)(CC)CCCNCCCCNCCCC(N)(CC)CC. The second kappa shape index (κ2) is 14.1. The molecule has 0 spiro atoms. The van der Waals surface area contributed by atoms with Gasteiger partial charge in [-0.25, -0.2) is 0 Å². The van der Waals surface area contributed by atoms with Gasteiger partial charge in [0.15, 0.2) is 0 Å². The fourth-order valence-electron chi connectivity index (χ4n) is 3.09. The maximum absolute atomic E-state index is 6.32. The Bertz CT molecular complexity index is 245. The average molecular weight is 343 g/mol. The van der Waals surface area contributed by atoms with Gasteiger partial charge >= 0.3 is 0 Å². The summed E-state index contributed by atoms with van der Waals surface area (Å²) in [4.78, 5) is 0. The van der Waals surface area contributed by atoms with E-state index in [2.05, 4.69) is 38.3 Å². The Morgan fingerprint density at radius 2 is 0.833 bits per heavy atom. The van der Waals surface area contributed by atoms with Gasteiger partial charge in [0.1, 0.15) is 0 Å². The van der Waals surface area contributed by atoms with Crippen LogP contribution in [0.25, 0.3) is 0 Å². The Morgan fingerprint density at radius 1 is 0.542 bits per heavy atom. The summed E-state index contributed by atoms with van der Waals surface area (Å²) < 4.78 is 0. The number of nitrogens with one attached hydrogen (secondary N) is 2. The standard InChI is InChI=1S/C20H46N4/c1-5-19(21,6-2)13-11-17-23-15-9-10-16-24-18-12-14-20(22,7-3)8-4/h23-24H,5-18,21-22H2,1-4H3. The van der Waals surface area contributed by atoms with Crippen LogP contribution in [-0.4, -0.2) is 37.3 Å².